The van der Waals surface area contributed by atoms with E-state index in [1.807, 2.05) is 17.9 Å². The summed E-state index contributed by atoms with van der Waals surface area (Å²) >= 11 is 1.54. The summed E-state index contributed by atoms with van der Waals surface area (Å²) in [6.45, 7) is 1.52. The van der Waals surface area contributed by atoms with Crippen molar-refractivity contribution in [3.8, 4) is 0 Å². The number of rotatable bonds is 5. The van der Waals surface area contributed by atoms with Crippen LogP contribution in [-0.4, -0.2) is 41.6 Å². The zero-order valence-electron chi connectivity index (χ0n) is 10.6. The van der Waals surface area contributed by atoms with E-state index in [0.29, 0.717) is 13.1 Å². The zero-order valence-corrected chi connectivity index (χ0v) is 12.2. The van der Waals surface area contributed by atoms with Crippen molar-refractivity contribution < 1.29 is 8.42 Å². The van der Waals surface area contributed by atoms with Crippen molar-refractivity contribution in [1.82, 2.24) is 18.6 Å². The summed E-state index contributed by atoms with van der Waals surface area (Å²) in [6.07, 6.45) is 5.55. The van der Waals surface area contributed by atoms with E-state index in [-0.39, 0.29) is 6.54 Å². The van der Waals surface area contributed by atoms with Gasteiger partial charge in [0.1, 0.15) is 0 Å². The Bertz CT molecular complexity index is 506. The van der Waals surface area contributed by atoms with Gasteiger partial charge in [-0.3, -0.25) is 0 Å². The van der Waals surface area contributed by atoms with Crippen molar-refractivity contribution in [2.24, 2.45) is 7.05 Å². The van der Waals surface area contributed by atoms with Crippen LogP contribution in [0.15, 0.2) is 11.4 Å². The second kappa shape index (κ2) is 5.60. The second-order valence-corrected chi connectivity index (χ2v) is 6.76. The van der Waals surface area contributed by atoms with E-state index in [0.717, 1.165) is 23.7 Å². The Balaban J connectivity index is 2.00. The van der Waals surface area contributed by atoms with Crippen LogP contribution in [-0.2, 0) is 23.8 Å². The Morgan fingerprint density at radius 2 is 2.11 bits per heavy atom. The van der Waals surface area contributed by atoms with Crippen LogP contribution < -0.4 is 4.72 Å². The molecule has 0 unspecified atom stereocenters. The van der Waals surface area contributed by atoms with Crippen LogP contribution in [0.4, 0.5) is 0 Å². The first-order chi connectivity index (χ1) is 8.54. The van der Waals surface area contributed by atoms with Crippen LogP contribution in [0.25, 0.3) is 0 Å². The highest BCUT2D eigenvalue weighted by atomic mass is 32.2. The Morgan fingerprint density at radius 1 is 1.44 bits per heavy atom. The lowest BCUT2D eigenvalue weighted by Crippen LogP contribution is -2.38. The molecule has 0 atom stereocenters. The fraction of sp³-hybridized carbons (Fsp3) is 0.700. The molecule has 0 bridgehead atoms. The van der Waals surface area contributed by atoms with Crippen molar-refractivity contribution in [1.29, 1.82) is 0 Å². The Labute approximate surface area is 112 Å². The largest absolute Gasteiger partial charge is 0.325 e. The van der Waals surface area contributed by atoms with Crippen LogP contribution in [0, 0.1) is 0 Å². The lowest BCUT2D eigenvalue weighted by Gasteiger charge is -2.16. The Morgan fingerprint density at radius 3 is 2.67 bits per heavy atom. The highest BCUT2D eigenvalue weighted by molar-refractivity contribution is 7.98. The van der Waals surface area contributed by atoms with Gasteiger partial charge in [-0.25, -0.2) is 4.98 Å². The molecule has 8 heteroatoms. The maximum atomic E-state index is 12.0. The minimum Gasteiger partial charge on any atom is -0.325 e. The molecule has 6 nitrogen and oxygen atoms in total. The zero-order chi connectivity index (χ0) is 13.2. The first-order valence-electron chi connectivity index (χ1n) is 5.84. The summed E-state index contributed by atoms with van der Waals surface area (Å²) in [5.74, 6) is 0. The summed E-state index contributed by atoms with van der Waals surface area (Å²) < 4.78 is 30.0. The molecular formula is C10H18N4O2S2. The molecule has 0 spiro atoms. The minimum absolute atomic E-state index is 0.281. The van der Waals surface area contributed by atoms with E-state index in [4.69, 9.17) is 0 Å². The standard InChI is InChI=1S/C10H18N4O2S2/c1-13-9(7-11-10(13)17-2)8-12-18(15,16)14-5-3-4-6-14/h7,12H,3-6,8H2,1-2H3. The monoisotopic (exact) mass is 290 g/mol. The van der Waals surface area contributed by atoms with Crippen molar-refractivity contribution in [3.05, 3.63) is 11.9 Å². The Kier molecular flexibility index (Phi) is 4.31. The number of nitrogens with one attached hydrogen (secondary N) is 1. The molecular weight excluding hydrogens is 272 g/mol. The highest BCUT2D eigenvalue weighted by Crippen LogP contribution is 2.15. The average Bonchev–Trinajstić information content (AvgIpc) is 2.96. The van der Waals surface area contributed by atoms with E-state index in [1.165, 1.54) is 16.1 Å². The molecule has 0 aromatic carbocycles. The number of aromatic nitrogens is 2. The van der Waals surface area contributed by atoms with E-state index in [1.54, 1.807) is 6.20 Å². The van der Waals surface area contributed by atoms with Crippen LogP contribution in [0.5, 0.6) is 0 Å². The SMILES string of the molecule is CSc1ncc(CNS(=O)(=O)N2CCCC2)n1C. The van der Waals surface area contributed by atoms with Crippen LogP contribution >= 0.6 is 11.8 Å². The smallest absolute Gasteiger partial charge is 0.279 e. The van der Waals surface area contributed by atoms with E-state index in [9.17, 15) is 8.42 Å². The van der Waals surface area contributed by atoms with Gasteiger partial charge in [-0.1, -0.05) is 11.8 Å². The van der Waals surface area contributed by atoms with Gasteiger partial charge in [0.2, 0.25) is 0 Å². The van der Waals surface area contributed by atoms with Gasteiger partial charge in [0.15, 0.2) is 5.16 Å². The van der Waals surface area contributed by atoms with E-state index < -0.39 is 10.2 Å². The van der Waals surface area contributed by atoms with Gasteiger partial charge >= 0.3 is 0 Å². The molecule has 0 radical (unpaired) electrons. The first kappa shape index (κ1) is 13.9. The molecule has 18 heavy (non-hydrogen) atoms. The lowest BCUT2D eigenvalue weighted by atomic mass is 10.4. The molecule has 1 aliphatic rings. The fourth-order valence-electron chi connectivity index (χ4n) is 1.96. The number of nitrogens with zero attached hydrogens (tertiary/aromatic N) is 3. The highest BCUT2D eigenvalue weighted by Gasteiger charge is 2.24. The predicted octanol–water partition coefficient (Wildman–Crippen LogP) is 0.572. The molecule has 0 aliphatic carbocycles. The van der Waals surface area contributed by atoms with Gasteiger partial charge in [0.25, 0.3) is 10.2 Å². The van der Waals surface area contributed by atoms with Crippen LogP contribution in [0.1, 0.15) is 18.5 Å². The molecule has 0 saturated carbocycles. The topological polar surface area (TPSA) is 67.2 Å². The summed E-state index contributed by atoms with van der Waals surface area (Å²) in [5.41, 5.74) is 0.863. The fourth-order valence-corrected chi connectivity index (χ4v) is 3.77. The van der Waals surface area contributed by atoms with Gasteiger partial charge in [0.05, 0.1) is 18.4 Å². The van der Waals surface area contributed by atoms with Gasteiger partial charge in [0, 0.05) is 20.1 Å². The van der Waals surface area contributed by atoms with E-state index in [2.05, 4.69) is 9.71 Å². The van der Waals surface area contributed by atoms with Crippen molar-refractivity contribution in [3.63, 3.8) is 0 Å². The molecule has 1 aliphatic heterocycles. The van der Waals surface area contributed by atoms with E-state index >= 15 is 0 Å². The second-order valence-electron chi connectivity index (χ2n) is 4.23. The molecule has 1 aromatic rings. The third-order valence-electron chi connectivity index (χ3n) is 3.06. The van der Waals surface area contributed by atoms with Crippen molar-refractivity contribution in [2.45, 2.75) is 24.5 Å². The minimum atomic E-state index is -3.34. The normalized spacial score (nSPS) is 17.4. The molecule has 1 aromatic heterocycles. The summed E-state index contributed by atoms with van der Waals surface area (Å²) in [5, 5.41) is 0.880. The molecule has 2 heterocycles. The van der Waals surface area contributed by atoms with Gasteiger partial charge in [-0.15, -0.1) is 0 Å². The molecule has 2 rings (SSSR count). The Hall–Kier alpha value is -0.570. The molecule has 1 saturated heterocycles. The van der Waals surface area contributed by atoms with Crippen molar-refractivity contribution >= 4 is 22.0 Å². The predicted molar refractivity (Wildman–Crippen MR) is 71.6 cm³/mol. The maximum absolute atomic E-state index is 12.0. The lowest BCUT2D eigenvalue weighted by molar-refractivity contribution is 0.463. The van der Waals surface area contributed by atoms with Gasteiger partial charge in [-0.2, -0.15) is 17.4 Å². The molecule has 1 N–H and O–H groups in total. The summed E-state index contributed by atoms with van der Waals surface area (Å²) in [7, 11) is -1.45. The third-order valence-corrected chi connectivity index (χ3v) is 5.36. The number of thioether (sulfide) groups is 1. The molecule has 0 amide bonds. The molecule has 102 valence electrons. The van der Waals surface area contributed by atoms with Gasteiger partial charge in [-0.05, 0) is 19.1 Å². The third kappa shape index (κ3) is 2.87. The van der Waals surface area contributed by atoms with Gasteiger partial charge < -0.3 is 4.57 Å². The maximum Gasteiger partial charge on any atom is 0.279 e. The number of imidazole rings is 1. The first-order valence-corrected chi connectivity index (χ1v) is 8.50. The quantitative estimate of drug-likeness (QED) is 0.805. The van der Waals surface area contributed by atoms with Crippen molar-refractivity contribution in [2.75, 3.05) is 19.3 Å². The number of hydrogen-bond acceptors (Lipinski definition) is 4. The van der Waals surface area contributed by atoms with Crippen LogP contribution in [0.2, 0.25) is 0 Å². The molecule has 1 fully saturated rings. The summed E-state index contributed by atoms with van der Waals surface area (Å²) in [6, 6.07) is 0. The van der Waals surface area contributed by atoms with Crippen LogP contribution in [0.3, 0.4) is 0 Å². The number of hydrogen-bond donors (Lipinski definition) is 1. The average molecular weight is 290 g/mol. The summed E-state index contributed by atoms with van der Waals surface area (Å²) in [4.78, 5) is 4.21.